The number of amides is 2. The summed E-state index contributed by atoms with van der Waals surface area (Å²) in [6, 6.07) is 9.16. The van der Waals surface area contributed by atoms with Gasteiger partial charge in [-0.05, 0) is 19.1 Å². The molecule has 1 N–H and O–H groups in total. The quantitative estimate of drug-likeness (QED) is 0.661. The zero-order valence-electron chi connectivity index (χ0n) is 12.0. The third kappa shape index (κ3) is 4.08. The van der Waals surface area contributed by atoms with Crippen LogP contribution in [0.5, 0.6) is 0 Å². The van der Waals surface area contributed by atoms with Crippen molar-refractivity contribution < 1.29 is 9.59 Å². The summed E-state index contributed by atoms with van der Waals surface area (Å²) >= 11 is 0. The first-order valence-corrected chi connectivity index (χ1v) is 6.60. The molecule has 0 unspecified atom stereocenters. The van der Waals surface area contributed by atoms with Crippen molar-refractivity contribution in [1.29, 1.82) is 0 Å². The normalized spacial score (nSPS) is 10.3. The van der Waals surface area contributed by atoms with E-state index >= 15 is 0 Å². The molecule has 0 aromatic heterocycles. The number of rotatable bonds is 5. The molecule has 1 aromatic carbocycles. The molecule has 0 bridgehead atoms. The summed E-state index contributed by atoms with van der Waals surface area (Å²) in [4.78, 5) is 23.6. The van der Waals surface area contributed by atoms with Gasteiger partial charge in [0.1, 0.15) is 0 Å². The molecule has 0 saturated heterocycles. The Kier molecular flexibility index (Phi) is 6.22. The molecule has 0 aliphatic rings. The maximum atomic E-state index is 12.0. The number of hydrogen-bond donors (Lipinski definition) is 1. The number of nitrogens with zero attached hydrogens (tertiary/aromatic N) is 3. The van der Waals surface area contributed by atoms with Crippen molar-refractivity contribution in [2.45, 2.75) is 33.6 Å². The first-order valence-electron chi connectivity index (χ1n) is 6.60. The van der Waals surface area contributed by atoms with Crippen LogP contribution in [0.2, 0.25) is 0 Å². The minimum Gasteiger partial charge on any atom is -0.273 e. The van der Waals surface area contributed by atoms with Gasteiger partial charge in [0.15, 0.2) is 0 Å². The van der Waals surface area contributed by atoms with E-state index in [0.29, 0.717) is 5.69 Å². The van der Waals surface area contributed by atoms with Crippen LogP contribution in [0.1, 0.15) is 33.6 Å². The number of nitrogens with one attached hydrogen (secondary N) is 1. The standard InChI is InChI=1S/C14H20N4O2/c1-4-13(19)16-18(14(20)5-2)17(15-6-3)12-10-8-7-9-11-12/h6-11H,4-5H2,1-3H3,(H,16,19)/b15-6+. The lowest BCUT2D eigenvalue weighted by atomic mass is 10.3. The molecular formula is C14H20N4O2. The first kappa shape index (κ1) is 15.7. The zero-order valence-corrected chi connectivity index (χ0v) is 12.0. The van der Waals surface area contributed by atoms with Crippen LogP contribution in [-0.2, 0) is 9.59 Å². The van der Waals surface area contributed by atoms with Crippen molar-refractivity contribution in [2.24, 2.45) is 5.10 Å². The summed E-state index contributed by atoms with van der Waals surface area (Å²) in [5.74, 6) is -0.500. The lowest BCUT2D eigenvalue weighted by Crippen LogP contribution is -2.54. The summed E-state index contributed by atoms with van der Waals surface area (Å²) in [5, 5.41) is 6.66. The minimum absolute atomic E-state index is 0.249. The van der Waals surface area contributed by atoms with Gasteiger partial charge >= 0.3 is 0 Å². The third-order valence-corrected chi connectivity index (χ3v) is 2.49. The second-order valence-electron chi connectivity index (χ2n) is 3.95. The summed E-state index contributed by atoms with van der Waals surface area (Å²) in [7, 11) is 0. The fourth-order valence-corrected chi connectivity index (χ4v) is 1.47. The van der Waals surface area contributed by atoms with Crippen molar-refractivity contribution in [3.63, 3.8) is 0 Å². The van der Waals surface area contributed by atoms with Crippen LogP contribution < -0.4 is 10.5 Å². The Balaban J connectivity index is 3.11. The van der Waals surface area contributed by atoms with E-state index in [2.05, 4.69) is 10.5 Å². The van der Waals surface area contributed by atoms with Gasteiger partial charge in [0.2, 0.25) is 5.91 Å². The Labute approximate surface area is 119 Å². The fourth-order valence-electron chi connectivity index (χ4n) is 1.47. The Hall–Kier alpha value is -2.37. The molecule has 0 heterocycles. The maximum Gasteiger partial charge on any atom is 0.262 e. The number of hydrogen-bond acceptors (Lipinski definition) is 4. The molecule has 0 aliphatic heterocycles. The van der Waals surface area contributed by atoms with Crippen LogP contribution in [-0.4, -0.2) is 23.1 Å². The van der Waals surface area contributed by atoms with E-state index in [-0.39, 0.29) is 24.7 Å². The Morgan fingerprint density at radius 2 is 1.85 bits per heavy atom. The minimum atomic E-state index is -0.251. The average Bonchev–Trinajstić information content (AvgIpc) is 2.50. The number of hydrazone groups is 1. The number of anilines is 1. The number of para-hydroxylation sites is 1. The zero-order chi connectivity index (χ0) is 15.0. The van der Waals surface area contributed by atoms with E-state index in [1.807, 2.05) is 18.2 Å². The second kappa shape index (κ2) is 7.93. The number of carbonyl (C=O) groups is 2. The monoisotopic (exact) mass is 276 g/mol. The van der Waals surface area contributed by atoms with E-state index in [0.717, 1.165) is 5.12 Å². The third-order valence-electron chi connectivity index (χ3n) is 2.49. The Morgan fingerprint density at radius 3 is 2.35 bits per heavy atom. The van der Waals surface area contributed by atoms with E-state index < -0.39 is 0 Å². The lowest BCUT2D eigenvalue weighted by Gasteiger charge is -2.31. The Morgan fingerprint density at radius 1 is 1.20 bits per heavy atom. The molecule has 20 heavy (non-hydrogen) atoms. The molecule has 0 spiro atoms. The topological polar surface area (TPSA) is 65.0 Å². The van der Waals surface area contributed by atoms with Crippen LogP contribution in [0.3, 0.4) is 0 Å². The highest BCUT2D eigenvalue weighted by Crippen LogP contribution is 2.16. The van der Waals surface area contributed by atoms with Gasteiger partial charge in [-0.25, -0.2) is 5.43 Å². The van der Waals surface area contributed by atoms with Gasteiger partial charge in [-0.1, -0.05) is 32.0 Å². The Bertz CT molecular complexity index is 473. The summed E-state index contributed by atoms with van der Waals surface area (Å²) in [5.41, 5.74) is 3.24. The number of carbonyl (C=O) groups excluding carboxylic acids is 2. The van der Waals surface area contributed by atoms with Gasteiger partial charge in [0.05, 0.1) is 5.69 Å². The van der Waals surface area contributed by atoms with Crippen LogP contribution in [0.4, 0.5) is 5.69 Å². The molecular weight excluding hydrogens is 256 g/mol. The van der Waals surface area contributed by atoms with Gasteiger partial charge in [0, 0.05) is 19.1 Å². The molecule has 0 aliphatic carbocycles. The van der Waals surface area contributed by atoms with Crippen molar-refractivity contribution in [1.82, 2.24) is 10.5 Å². The second-order valence-corrected chi connectivity index (χ2v) is 3.95. The van der Waals surface area contributed by atoms with E-state index in [9.17, 15) is 9.59 Å². The van der Waals surface area contributed by atoms with Crippen molar-refractivity contribution >= 4 is 23.7 Å². The molecule has 6 nitrogen and oxygen atoms in total. The van der Waals surface area contributed by atoms with Crippen molar-refractivity contribution in [3.8, 4) is 0 Å². The molecule has 1 aromatic rings. The molecule has 6 heteroatoms. The van der Waals surface area contributed by atoms with Crippen LogP contribution in [0, 0.1) is 0 Å². The molecule has 0 radical (unpaired) electrons. The SMILES string of the molecule is C/C=N/N(c1ccccc1)N(NC(=O)CC)C(=O)CC. The van der Waals surface area contributed by atoms with E-state index in [1.54, 1.807) is 39.1 Å². The summed E-state index contributed by atoms with van der Waals surface area (Å²) in [6.07, 6.45) is 2.10. The van der Waals surface area contributed by atoms with Crippen LogP contribution in [0.15, 0.2) is 35.4 Å². The van der Waals surface area contributed by atoms with E-state index in [1.165, 1.54) is 5.12 Å². The molecule has 0 atom stereocenters. The summed E-state index contributed by atoms with van der Waals surface area (Å²) in [6.45, 7) is 5.19. The fraction of sp³-hybridized carbons (Fsp3) is 0.357. The maximum absolute atomic E-state index is 12.0. The van der Waals surface area contributed by atoms with Crippen LogP contribution in [0.25, 0.3) is 0 Å². The van der Waals surface area contributed by atoms with Crippen molar-refractivity contribution in [2.75, 3.05) is 5.12 Å². The van der Waals surface area contributed by atoms with Gasteiger partial charge in [-0.15, -0.1) is 5.12 Å². The van der Waals surface area contributed by atoms with Gasteiger partial charge in [-0.2, -0.15) is 10.2 Å². The number of hydrazine groups is 2. The van der Waals surface area contributed by atoms with Gasteiger partial charge in [0.25, 0.3) is 5.91 Å². The smallest absolute Gasteiger partial charge is 0.262 e. The molecule has 0 fully saturated rings. The van der Waals surface area contributed by atoms with E-state index in [4.69, 9.17) is 0 Å². The predicted octanol–water partition coefficient (Wildman–Crippen LogP) is 2.09. The molecule has 1 rings (SSSR count). The molecule has 2 amide bonds. The average molecular weight is 276 g/mol. The predicted molar refractivity (Wildman–Crippen MR) is 78.7 cm³/mol. The number of benzene rings is 1. The highest BCUT2D eigenvalue weighted by molar-refractivity contribution is 5.83. The summed E-state index contributed by atoms with van der Waals surface area (Å²) < 4.78 is 0. The highest BCUT2D eigenvalue weighted by atomic mass is 16.2. The first-order chi connectivity index (χ1) is 9.63. The van der Waals surface area contributed by atoms with Crippen molar-refractivity contribution in [3.05, 3.63) is 30.3 Å². The van der Waals surface area contributed by atoms with Gasteiger partial charge < -0.3 is 0 Å². The largest absolute Gasteiger partial charge is 0.273 e. The van der Waals surface area contributed by atoms with Gasteiger partial charge in [-0.3, -0.25) is 9.59 Å². The van der Waals surface area contributed by atoms with Crippen LogP contribution >= 0.6 is 0 Å². The highest BCUT2D eigenvalue weighted by Gasteiger charge is 2.22. The molecule has 108 valence electrons. The molecule has 0 saturated carbocycles. The lowest BCUT2D eigenvalue weighted by molar-refractivity contribution is -0.142.